The smallest absolute Gasteiger partial charge is 0.145 e. The van der Waals surface area contributed by atoms with Crippen LogP contribution in [-0.4, -0.2) is 6.69 Å². The molecule has 0 nitrogen and oxygen atoms in total. The van der Waals surface area contributed by atoms with E-state index in [1.807, 2.05) is 6.08 Å². The van der Waals surface area contributed by atoms with Gasteiger partial charge in [-0.05, 0) is 36.8 Å². The molecule has 2 unspecified atom stereocenters. The van der Waals surface area contributed by atoms with E-state index in [1.165, 1.54) is 19.3 Å². The minimum Gasteiger partial charge on any atom is -0.145 e. The Hall–Kier alpha value is 0.277. The van der Waals surface area contributed by atoms with Gasteiger partial charge in [0.25, 0.3) is 6.69 Å². The number of halogens is 2. The van der Waals surface area contributed by atoms with Crippen LogP contribution in [-0.2, 0) is 0 Å². The summed E-state index contributed by atoms with van der Waals surface area (Å²) in [5, 5.41) is 0. The van der Waals surface area contributed by atoms with Crippen LogP contribution in [0.2, 0.25) is 11.6 Å². The molecule has 0 spiro atoms. The van der Waals surface area contributed by atoms with Crippen LogP contribution in [0.25, 0.3) is 0 Å². The molecule has 0 aromatic rings. The quantitative estimate of drug-likeness (QED) is 0.380. The Balaban J connectivity index is 2.62. The predicted octanol–water partition coefficient (Wildman–Crippen LogP) is 4.84. The van der Waals surface area contributed by atoms with Gasteiger partial charge in [0.2, 0.25) is 0 Å². The van der Waals surface area contributed by atoms with Crippen molar-refractivity contribution in [3.05, 3.63) is 24.8 Å². The lowest BCUT2D eigenvalue weighted by atomic mass is 9.93. The van der Waals surface area contributed by atoms with Gasteiger partial charge in [0.15, 0.2) is 0 Å². The SMILES string of the molecule is C=CC[Si](Cl)(Cl)C(C)C1C=CCCC1. The molecular weight excluding hydrogens is 231 g/mol. The molecule has 0 heterocycles. The lowest BCUT2D eigenvalue weighted by Gasteiger charge is -2.30. The van der Waals surface area contributed by atoms with Gasteiger partial charge in [-0.2, -0.15) is 0 Å². The first kappa shape index (κ1) is 12.3. The van der Waals surface area contributed by atoms with Crippen molar-refractivity contribution in [2.24, 2.45) is 5.92 Å². The van der Waals surface area contributed by atoms with E-state index >= 15 is 0 Å². The molecule has 80 valence electrons. The maximum Gasteiger partial charge on any atom is 0.258 e. The summed E-state index contributed by atoms with van der Waals surface area (Å²) in [5.74, 6) is 0.588. The summed E-state index contributed by atoms with van der Waals surface area (Å²) in [6, 6.07) is 0.793. The maximum atomic E-state index is 6.42. The first-order chi connectivity index (χ1) is 6.58. The molecule has 0 aromatic carbocycles. The lowest BCUT2D eigenvalue weighted by Crippen LogP contribution is -2.29. The Kier molecular flexibility index (Phi) is 4.75. The van der Waals surface area contributed by atoms with Gasteiger partial charge in [0, 0.05) is 0 Å². The standard InChI is InChI=1S/C11H18Cl2Si/c1-3-9-14(12,13)10(2)11-7-5-4-6-8-11/h3,5,7,10-11H,1,4,6,8-9H2,2H3. The monoisotopic (exact) mass is 248 g/mol. The van der Waals surface area contributed by atoms with Crippen LogP contribution in [0.4, 0.5) is 0 Å². The highest BCUT2D eigenvalue weighted by Crippen LogP contribution is 2.42. The molecule has 1 rings (SSSR count). The average molecular weight is 249 g/mol. The number of hydrogen-bond acceptors (Lipinski definition) is 0. The Morgan fingerprint density at radius 1 is 1.64 bits per heavy atom. The van der Waals surface area contributed by atoms with Crippen molar-refractivity contribution in [1.29, 1.82) is 0 Å². The Labute approximate surface area is 97.4 Å². The largest absolute Gasteiger partial charge is 0.258 e. The van der Waals surface area contributed by atoms with E-state index < -0.39 is 6.69 Å². The molecular formula is C11H18Cl2Si. The second-order valence-electron chi connectivity index (χ2n) is 4.07. The van der Waals surface area contributed by atoms with Crippen molar-refractivity contribution in [3.8, 4) is 0 Å². The molecule has 14 heavy (non-hydrogen) atoms. The van der Waals surface area contributed by atoms with Crippen LogP contribution in [0.1, 0.15) is 26.2 Å². The molecule has 0 fully saturated rings. The van der Waals surface area contributed by atoms with Crippen molar-refractivity contribution in [1.82, 2.24) is 0 Å². The van der Waals surface area contributed by atoms with Crippen molar-refractivity contribution in [2.75, 3.05) is 0 Å². The van der Waals surface area contributed by atoms with Crippen molar-refractivity contribution >= 4 is 28.9 Å². The Morgan fingerprint density at radius 3 is 2.86 bits per heavy atom. The first-order valence-corrected chi connectivity index (χ1v) is 9.54. The molecule has 1 aliphatic rings. The predicted molar refractivity (Wildman–Crippen MR) is 68.4 cm³/mol. The summed E-state index contributed by atoms with van der Waals surface area (Å²) in [5.41, 5.74) is 0.431. The van der Waals surface area contributed by atoms with E-state index in [9.17, 15) is 0 Å². The molecule has 2 atom stereocenters. The van der Waals surface area contributed by atoms with Gasteiger partial charge in [-0.3, -0.25) is 0 Å². The number of rotatable bonds is 4. The topological polar surface area (TPSA) is 0 Å². The molecule has 0 aromatic heterocycles. The summed E-state index contributed by atoms with van der Waals surface area (Å²) >= 11 is 12.8. The van der Waals surface area contributed by atoms with Crippen LogP contribution in [0.3, 0.4) is 0 Å². The minimum absolute atomic E-state index is 0.431. The summed E-state index contributed by atoms with van der Waals surface area (Å²) < 4.78 is 0. The van der Waals surface area contributed by atoms with Crippen LogP contribution >= 0.6 is 22.2 Å². The highest BCUT2D eigenvalue weighted by atomic mass is 35.7. The first-order valence-electron chi connectivity index (χ1n) is 5.23. The molecule has 0 aliphatic heterocycles. The van der Waals surface area contributed by atoms with E-state index in [1.54, 1.807) is 0 Å². The number of hydrogen-bond donors (Lipinski definition) is 0. The zero-order valence-corrected chi connectivity index (χ0v) is 11.2. The van der Waals surface area contributed by atoms with Crippen LogP contribution in [0.5, 0.6) is 0 Å². The van der Waals surface area contributed by atoms with Gasteiger partial charge in [0.1, 0.15) is 0 Å². The average Bonchev–Trinajstić information content (AvgIpc) is 2.18. The van der Waals surface area contributed by atoms with Crippen molar-refractivity contribution in [2.45, 2.75) is 37.8 Å². The molecule has 0 saturated carbocycles. The van der Waals surface area contributed by atoms with Gasteiger partial charge < -0.3 is 0 Å². The highest BCUT2D eigenvalue weighted by Gasteiger charge is 2.38. The Bertz CT molecular complexity index is 223. The highest BCUT2D eigenvalue weighted by molar-refractivity contribution is 7.46. The fourth-order valence-electron chi connectivity index (χ4n) is 1.95. The molecule has 3 heteroatoms. The second-order valence-corrected chi connectivity index (χ2v) is 11.5. The molecule has 0 saturated heterocycles. The van der Waals surface area contributed by atoms with Crippen LogP contribution in [0, 0.1) is 5.92 Å². The molecule has 0 bridgehead atoms. The fraction of sp³-hybridized carbons (Fsp3) is 0.636. The summed E-state index contributed by atoms with van der Waals surface area (Å²) in [4.78, 5) is 0. The number of allylic oxidation sites excluding steroid dienone is 3. The minimum atomic E-state index is -2.12. The zero-order chi connectivity index (χ0) is 10.6. The normalized spacial score (nSPS) is 24.6. The summed E-state index contributed by atoms with van der Waals surface area (Å²) in [7, 11) is 0. The lowest BCUT2D eigenvalue weighted by molar-refractivity contribution is 0.520. The van der Waals surface area contributed by atoms with E-state index in [4.69, 9.17) is 22.2 Å². The third-order valence-electron chi connectivity index (χ3n) is 3.02. The third-order valence-corrected chi connectivity index (χ3v) is 8.60. The van der Waals surface area contributed by atoms with Crippen molar-refractivity contribution in [3.63, 3.8) is 0 Å². The van der Waals surface area contributed by atoms with E-state index in [2.05, 4.69) is 25.7 Å². The molecule has 0 amide bonds. The van der Waals surface area contributed by atoms with Gasteiger partial charge in [0.05, 0.1) is 0 Å². The van der Waals surface area contributed by atoms with E-state index in [-0.39, 0.29) is 0 Å². The van der Waals surface area contributed by atoms with Gasteiger partial charge in [-0.25, -0.2) is 0 Å². The molecule has 0 radical (unpaired) electrons. The van der Waals surface area contributed by atoms with Crippen molar-refractivity contribution < 1.29 is 0 Å². The van der Waals surface area contributed by atoms with Crippen LogP contribution < -0.4 is 0 Å². The van der Waals surface area contributed by atoms with Gasteiger partial charge >= 0.3 is 0 Å². The van der Waals surface area contributed by atoms with Crippen LogP contribution in [0.15, 0.2) is 24.8 Å². The second kappa shape index (κ2) is 5.39. The third kappa shape index (κ3) is 3.15. The van der Waals surface area contributed by atoms with Gasteiger partial charge in [-0.15, -0.1) is 28.7 Å². The zero-order valence-electron chi connectivity index (χ0n) is 8.68. The van der Waals surface area contributed by atoms with E-state index in [0.717, 1.165) is 6.04 Å². The van der Waals surface area contributed by atoms with E-state index in [0.29, 0.717) is 11.5 Å². The molecule has 0 N–H and O–H groups in total. The molecule has 1 aliphatic carbocycles. The summed E-state index contributed by atoms with van der Waals surface area (Å²) in [6.45, 7) is 3.79. The fourth-order valence-corrected chi connectivity index (χ4v) is 5.23. The Morgan fingerprint density at radius 2 is 2.36 bits per heavy atom. The maximum absolute atomic E-state index is 6.42. The van der Waals surface area contributed by atoms with Gasteiger partial charge in [-0.1, -0.05) is 25.2 Å². The summed E-state index contributed by atoms with van der Waals surface area (Å²) in [6.07, 6.45) is 10.1.